The molecule has 1 heterocycles. The van der Waals surface area contributed by atoms with Crippen molar-refractivity contribution in [2.75, 3.05) is 5.32 Å². The molecule has 21 heavy (non-hydrogen) atoms. The van der Waals surface area contributed by atoms with Gasteiger partial charge in [0.15, 0.2) is 5.16 Å². The van der Waals surface area contributed by atoms with Gasteiger partial charge in [0.05, 0.1) is 5.25 Å². The van der Waals surface area contributed by atoms with Crippen molar-refractivity contribution in [1.29, 1.82) is 0 Å². The van der Waals surface area contributed by atoms with Gasteiger partial charge >= 0.3 is 0 Å². The number of anilines is 1. The van der Waals surface area contributed by atoms with Crippen LogP contribution in [0, 0.1) is 6.92 Å². The fourth-order valence-corrected chi connectivity index (χ4v) is 2.89. The molecule has 0 saturated carbocycles. The zero-order valence-electron chi connectivity index (χ0n) is 11.5. The molecule has 5 nitrogen and oxygen atoms in total. The summed E-state index contributed by atoms with van der Waals surface area (Å²) in [6.07, 6.45) is 0. The maximum atomic E-state index is 12.1. The second kappa shape index (κ2) is 6.91. The molecular formula is C14H14BrN3O2S. The third-order valence-electron chi connectivity index (χ3n) is 2.60. The van der Waals surface area contributed by atoms with Crippen LogP contribution in [-0.2, 0) is 4.79 Å². The largest absolute Gasteiger partial charge is 0.325 e. The minimum absolute atomic E-state index is 0.151. The van der Waals surface area contributed by atoms with E-state index >= 15 is 0 Å². The minimum Gasteiger partial charge on any atom is -0.325 e. The van der Waals surface area contributed by atoms with Crippen LogP contribution in [0.4, 0.5) is 5.69 Å². The number of aromatic amines is 1. The number of aromatic nitrogens is 2. The number of aryl methyl sites for hydroxylation is 1. The highest BCUT2D eigenvalue weighted by Crippen LogP contribution is 2.21. The molecule has 1 amide bonds. The van der Waals surface area contributed by atoms with E-state index in [0.717, 1.165) is 4.47 Å². The number of halogens is 1. The van der Waals surface area contributed by atoms with Gasteiger partial charge in [0.2, 0.25) is 5.91 Å². The van der Waals surface area contributed by atoms with Crippen LogP contribution in [-0.4, -0.2) is 21.1 Å². The Bertz CT molecular complexity index is 717. The third-order valence-corrected chi connectivity index (χ3v) is 4.08. The van der Waals surface area contributed by atoms with E-state index in [9.17, 15) is 9.59 Å². The maximum absolute atomic E-state index is 12.1. The molecule has 1 aromatic heterocycles. The van der Waals surface area contributed by atoms with Crippen molar-refractivity contribution in [2.45, 2.75) is 24.3 Å². The van der Waals surface area contributed by atoms with Gasteiger partial charge in [-0.05, 0) is 32.0 Å². The van der Waals surface area contributed by atoms with Gasteiger partial charge in [-0.15, -0.1) is 0 Å². The van der Waals surface area contributed by atoms with E-state index in [4.69, 9.17) is 0 Å². The second-order valence-corrected chi connectivity index (χ2v) is 6.70. The average molecular weight is 368 g/mol. The van der Waals surface area contributed by atoms with E-state index in [0.29, 0.717) is 16.5 Å². The lowest BCUT2D eigenvalue weighted by Gasteiger charge is -2.11. The van der Waals surface area contributed by atoms with Gasteiger partial charge in [-0.3, -0.25) is 9.59 Å². The zero-order valence-corrected chi connectivity index (χ0v) is 13.9. The average Bonchev–Trinajstić information content (AvgIpc) is 2.37. The van der Waals surface area contributed by atoms with Crippen LogP contribution in [0.5, 0.6) is 0 Å². The number of hydrogen-bond donors (Lipinski definition) is 2. The predicted molar refractivity (Wildman–Crippen MR) is 87.7 cm³/mol. The fraction of sp³-hybridized carbons (Fsp3) is 0.214. The Balaban J connectivity index is 2.04. The standard InChI is InChI=1S/C14H14BrN3O2S/c1-8-6-12(19)18-14(16-8)21-9(2)13(20)17-11-5-3-4-10(15)7-11/h3-7,9H,1-2H3,(H,17,20)(H,16,18,19). The van der Waals surface area contributed by atoms with Gasteiger partial charge in [0.1, 0.15) is 0 Å². The van der Waals surface area contributed by atoms with Crippen LogP contribution in [0.25, 0.3) is 0 Å². The molecule has 0 saturated heterocycles. The van der Waals surface area contributed by atoms with Crippen LogP contribution in [0.1, 0.15) is 12.6 Å². The van der Waals surface area contributed by atoms with Crippen molar-refractivity contribution < 1.29 is 4.79 Å². The Morgan fingerprint density at radius 3 is 2.86 bits per heavy atom. The number of nitrogens with one attached hydrogen (secondary N) is 2. The fourth-order valence-electron chi connectivity index (χ4n) is 1.64. The molecule has 1 aromatic carbocycles. The predicted octanol–water partition coefficient (Wildman–Crippen LogP) is 2.96. The number of H-pyrrole nitrogens is 1. The van der Waals surface area contributed by atoms with Crippen LogP contribution in [0.15, 0.2) is 44.8 Å². The van der Waals surface area contributed by atoms with Crippen molar-refractivity contribution in [3.8, 4) is 0 Å². The van der Waals surface area contributed by atoms with Crippen LogP contribution in [0.3, 0.4) is 0 Å². The van der Waals surface area contributed by atoms with Crippen molar-refractivity contribution in [2.24, 2.45) is 0 Å². The minimum atomic E-state index is -0.381. The molecule has 1 unspecified atom stereocenters. The third kappa shape index (κ3) is 4.71. The SMILES string of the molecule is Cc1cc(=O)[nH]c(SC(C)C(=O)Nc2cccc(Br)c2)n1. The van der Waals surface area contributed by atoms with E-state index in [2.05, 4.69) is 31.2 Å². The summed E-state index contributed by atoms with van der Waals surface area (Å²) in [4.78, 5) is 30.3. The normalized spacial score (nSPS) is 12.0. The number of carbonyl (C=O) groups excluding carboxylic acids is 1. The van der Waals surface area contributed by atoms with Gasteiger partial charge in [-0.25, -0.2) is 4.98 Å². The van der Waals surface area contributed by atoms with E-state index in [1.165, 1.54) is 17.8 Å². The Kier molecular flexibility index (Phi) is 5.19. The monoisotopic (exact) mass is 367 g/mol. The number of hydrogen-bond acceptors (Lipinski definition) is 4. The summed E-state index contributed by atoms with van der Waals surface area (Å²) in [5.74, 6) is -0.151. The first kappa shape index (κ1) is 15.8. The molecule has 0 aliphatic carbocycles. The number of rotatable bonds is 4. The number of amides is 1. The Labute approximate surface area is 134 Å². The van der Waals surface area contributed by atoms with Crippen LogP contribution < -0.4 is 10.9 Å². The smallest absolute Gasteiger partial charge is 0.251 e. The van der Waals surface area contributed by atoms with Crippen molar-refractivity contribution >= 4 is 39.3 Å². The first-order valence-electron chi connectivity index (χ1n) is 6.25. The molecule has 0 aliphatic heterocycles. The van der Waals surface area contributed by atoms with E-state index in [1.54, 1.807) is 13.8 Å². The molecule has 0 spiro atoms. The molecule has 1 atom stereocenters. The Morgan fingerprint density at radius 2 is 2.19 bits per heavy atom. The first-order valence-corrected chi connectivity index (χ1v) is 7.92. The quantitative estimate of drug-likeness (QED) is 0.643. The Hall–Kier alpha value is -1.60. The second-order valence-electron chi connectivity index (χ2n) is 4.45. The van der Waals surface area contributed by atoms with Gasteiger partial charge in [-0.1, -0.05) is 33.8 Å². The van der Waals surface area contributed by atoms with E-state index < -0.39 is 0 Å². The van der Waals surface area contributed by atoms with Gasteiger partial charge in [0, 0.05) is 21.9 Å². The van der Waals surface area contributed by atoms with Crippen LogP contribution in [0.2, 0.25) is 0 Å². The van der Waals surface area contributed by atoms with Gasteiger partial charge in [-0.2, -0.15) is 0 Å². The number of nitrogens with zero attached hydrogens (tertiary/aromatic N) is 1. The van der Waals surface area contributed by atoms with Crippen molar-refractivity contribution in [3.63, 3.8) is 0 Å². The van der Waals surface area contributed by atoms with E-state index in [-0.39, 0.29) is 16.7 Å². The van der Waals surface area contributed by atoms with E-state index in [1.807, 2.05) is 24.3 Å². The maximum Gasteiger partial charge on any atom is 0.251 e. The molecule has 0 fully saturated rings. The van der Waals surface area contributed by atoms with Gasteiger partial charge < -0.3 is 10.3 Å². The lowest BCUT2D eigenvalue weighted by molar-refractivity contribution is -0.115. The molecule has 110 valence electrons. The molecule has 0 bridgehead atoms. The summed E-state index contributed by atoms with van der Waals surface area (Å²) in [5.41, 5.74) is 1.12. The molecule has 2 rings (SSSR count). The topological polar surface area (TPSA) is 74.8 Å². The molecule has 2 aromatic rings. The highest BCUT2D eigenvalue weighted by molar-refractivity contribution is 9.10. The summed E-state index contributed by atoms with van der Waals surface area (Å²) in [7, 11) is 0. The zero-order chi connectivity index (χ0) is 15.4. The Morgan fingerprint density at radius 1 is 1.43 bits per heavy atom. The highest BCUT2D eigenvalue weighted by atomic mass is 79.9. The number of thioether (sulfide) groups is 1. The summed E-state index contributed by atoms with van der Waals surface area (Å²) in [5, 5.41) is 2.88. The summed E-state index contributed by atoms with van der Waals surface area (Å²) in [6.45, 7) is 3.51. The molecule has 2 N–H and O–H groups in total. The van der Waals surface area contributed by atoms with Crippen molar-refractivity contribution in [1.82, 2.24) is 9.97 Å². The summed E-state index contributed by atoms with van der Waals surface area (Å²) < 4.78 is 0.894. The van der Waals surface area contributed by atoms with Crippen molar-refractivity contribution in [3.05, 3.63) is 50.9 Å². The number of carbonyl (C=O) groups is 1. The lowest BCUT2D eigenvalue weighted by atomic mass is 10.3. The molecular weight excluding hydrogens is 354 g/mol. The summed E-state index contributed by atoms with van der Waals surface area (Å²) >= 11 is 4.57. The molecule has 0 radical (unpaired) electrons. The first-order chi connectivity index (χ1) is 9.94. The molecule has 7 heteroatoms. The van der Waals surface area contributed by atoms with Crippen LogP contribution >= 0.6 is 27.7 Å². The summed E-state index contributed by atoms with van der Waals surface area (Å²) in [6, 6.07) is 8.78. The highest BCUT2D eigenvalue weighted by Gasteiger charge is 2.16. The number of benzene rings is 1. The molecule has 0 aliphatic rings. The van der Waals surface area contributed by atoms with Gasteiger partial charge in [0.25, 0.3) is 5.56 Å². The lowest BCUT2D eigenvalue weighted by Crippen LogP contribution is -2.23.